The third-order valence-corrected chi connectivity index (χ3v) is 9.37. The largest absolute Gasteiger partial charge is 0.0690 e. The minimum atomic E-state index is -0.690. The summed E-state index contributed by atoms with van der Waals surface area (Å²) in [5, 5.41) is 0. The highest BCUT2D eigenvalue weighted by molar-refractivity contribution is 6.80. The Morgan fingerprint density at radius 3 is 2.50 bits per heavy atom. The second kappa shape index (κ2) is 3.08. The van der Waals surface area contributed by atoms with E-state index in [1.807, 2.05) is 0 Å². The molecule has 0 radical (unpaired) electrons. The zero-order valence-electron chi connectivity index (χ0n) is 7.61. The van der Waals surface area contributed by atoms with Gasteiger partial charge in [-0.25, -0.2) is 0 Å². The summed E-state index contributed by atoms with van der Waals surface area (Å²) < 4.78 is 0. The Morgan fingerprint density at radius 1 is 1.40 bits per heavy atom. The van der Waals surface area contributed by atoms with Crippen LogP contribution >= 0.6 is 0 Å². The highest BCUT2D eigenvalue weighted by Gasteiger charge is 2.37. The topological polar surface area (TPSA) is 0 Å². The van der Waals surface area contributed by atoms with Crippen molar-refractivity contribution in [3.63, 3.8) is 0 Å². The molecule has 1 aliphatic heterocycles. The Labute approximate surface area is 66.0 Å². The fourth-order valence-corrected chi connectivity index (χ4v) is 6.70. The molecule has 1 rings (SSSR count). The zero-order valence-corrected chi connectivity index (χ0v) is 8.61. The summed E-state index contributed by atoms with van der Waals surface area (Å²) >= 11 is 0. The Hall–Kier alpha value is 0.217. The van der Waals surface area contributed by atoms with Crippen LogP contribution in [0.2, 0.25) is 24.2 Å². The maximum absolute atomic E-state index is 2.61. The van der Waals surface area contributed by atoms with Crippen LogP contribution in [-0.4, -0.2) is 8.07 Å². The minimum Gasteiger partial charge on any atom is -0.0690 e. The predicted molar refractivity (Wildman–Crippen MR) is 50.2 cm³/mol. The van der Waals surface area contributed by atoms with Gasteiger partial charge in [-0.05, 0) is 5.54 Å². The molecule has 1 saturated heterocycles. The van der Waals surface area contributed by atoms with Gasteiger partial charge in [-0.1, -0.05) is 51.7 Å². The lowest BCUT2D eigenvalue weighted by molar-refractivity contribution is 0.730. The van der Waals surface area contributed by atoms with Gasteiger partial charge in [-0.3, -0.25) is 0 Å². The van der Waals surface area contributed by atoms with Crippen LogP contribution in [0.3, 0.4) is 0 Å². The maximum Gasteiger partial charge on any atom is 0.0533 e. The van der Waals surface area contributed by atoms with Gasteiger partial charge in [0.1, 0.15) is 0 Å². The molecule has 0 amide bonds. The first-order valence-corrected chi connectivity index (χ1v) is 7.72. The molecule has 0 spiro atoms. The Morgan fingerprint density at radius 2 is 2.10 bits per heavy atom. The van der Waals surface area contributed by atoms with E-state index in [2.05, 4.69) is 20.4 Å². The van der Waals surface area contributed by atoms with Gasteiger partial charge in [0.05, 0.1) is 8.07 Å². The van der Waals surface area contributed by atoms with Crippen molar-refractivity contribution in [2.24, 2.45) is 0 Å². The number of hydrogen-bond acceptors (Lipinski definition) is 0. The summed E-state index contributed by atoms with van der Waals surface area (Å²) in [5.74, 6) is 0. The van der Waals surface area contributed by atoms with Crippen LogP contribution in [0.1, 0.15) is 33.1 Å². The third-order valence-electron chi connectivity index (χ3n) is 3.59. The van der Waals surface area contributed by atoms with Crippen LogP contribution in [0.4, 0.5) is 0 Å². The smallest absolute Gasteiger partial charge is 0.0533 e. The lowest BCUT2D eigenvalue weighted by Crippen LogP contribution is -2.29. The number of hydrogen-bond donors (Lipinski definition) is 0. The lowest BCUT2D eigenvalue weighted by Gasteiger charge is -2.26. The summed E-state index contributed by atoms with van der Waals surface area (Å²) in [6, 6.07) is 3.13. The second-order valence-corrected chi connectivity index (χ2v) is 9.34. The van der Waals surface area contributed by atoms with E-state index in [1.165, 1.54) is 18.9 Å². The first-order chi connectivity index (χ1) is 4.73. The Kier molecular flexibility index (Phi) is 2.56. The van der Waals surface area contributed by atoms with Crippen molar-refractivity contribution < 1.29 is 0 Å². The van der Waals surface area contributed by atoms with Crippen molar-refractivity contribution in [2.75, 3.05) is 0 Å². The summed E-state index contributed by atoms with van der Waals surface area (Å²) in [6.07, 6.45) is 4.54. The van der Waals surface area contributed by atoms with E-state index in [0.717, 1.165) is 5.54 Å². The Balaban J connectivity index is 2.56. The normalized spacial score (nSPS) is 40.5. The molecular formula is C9H20Si. The monoisotopic (exact) mass is 156 g/mol. The predicted octanol–water partition coefficient (Wildman–Crippen LogP) is 3.66. The van der Waals surface area contributed by atoms with Crippen LogP contribution in [-0.2, 0) is 0 Å². The van der Waals surface area contributed by atoms with Crippen LogP contribution in [0.15, 0.2) is 0 Å². The molecule has 1 fully saturated rings. The molecule has 2 unspecified atom stereocenters. The molecule has 0 aromatic carbocycles. The van der Waals surface area contributed by atoms with Crippen LogP contribution in [0.25, 0.3) is 0 Å². The molecule has 0 nitrogen and oxygen atoms in total. The molecule has 0 aliphatic carbocycles. The van der Waals surface area contributed by atoms with E-state index >= 15 is 0 Å². The molecule has 0 N–H and O–H groups in total. The molecule has 0 aromatic heterocycles. The number of rotatable bonds is 2. The SMILES string of the molecule is CCC1CCC[Si]1(C)CC. The molecule has 1 aliphatic rings. The lowest BCUT2D eigenvalue weighted by atomic mass is 10.2. The van der Waals surface area contributed by atoms with Crippen molar-refractivity contribution in [3.8, 4) is 0 Å². The third kappa shape index (κ3) is 1.29. The molecule has 2 atom stereocenters. The van der Waals surface area contributed by atoms with Crippen molar-refractivity contribution in [1.29, 1.82) is 0 Å². The Bertz CT molecular complexity index is 111. The highest BCUT2D eigenvalue weighted by atomic mass is 28.3. The van der Waals surface area contributed by atoms with Gasteiger partial charge in [0.15, 0.2) is 0 Å². The fourth-order valence-electron chi connectivity index (χ4n) is 2.47. The van der Waals surface area contributed by atoms with Crippen LogP contribution < -0.4 is 0 Å². The van der Waals surface area contributed by atoms with E-state index in [1.54, 1.807) is 12.5 Å². The first-order valence-electron chi connectivity index (χ1n) is 4.73. The molecule has 0 bridgehead atoms. The summed E-state index contributed by atoms with van der Waals surface area (Å²) in [6.45, 7) is 7.38. The van der Waals surface area contributed by atoms with Gasteiger partial charge in [0, 0.05) is 0 Å². The standard InChI is InChI=1S/C9H20Si/c1-4-9-7-6-8-10(9,3)5-2/h9H,4-8H2,1-3H3. The molecular weight excluding hydrogens is 136 g/mol. The molecule has 0 saturated carbocycles. The van der Waals surface area contributed by atoms with E-state index in [0.29, 0.717) is 0 Å². The fraction of sp³-hybridized carbons (Fsp3) is 1.00. The van der Waals surface area contributed by atoms with Gasteiger partial charge in [-0.2, -0.15) is 0 Å². The van der Waals surface area contributed by atoms with Gasteiger partial charge in [0.25, 0.3) is 0 Å². The molecule has 10 heavy (non-hydrogen) atoms. The van der Waals surface area contributed by atoms with Crippen molar-refractivity contribution in [3.05, 3.63) is 0 Å². The van der Waals surface area contributed by atoms with E-state index in [-0.39, 0.29) is 0 Å². The van der Waals surface area contributed by atoms with Crippen molar-refractivity contribution in [2.45, 2.75) is 57.3 Å². The molecule has 0 aromatic rings. The van der Waals surface area contributed by atoms with Crippen molar-refractivity contribution >= 4 is 8.07 Å². The quantitative estimate of drug-likeness (QED) is 0.535. The van der Waals surface area contributed by atoms with Crippen LogP contribution in [0.5, 0.6) is 0 Å². The second-order valence-electron chi connectivity index (χ2n) is 4.00. The van der Waals surface area contributed by atoms with E-state index in [4.69, 9.17) is 0 Å². The summed E-state index contributed by atoms with van der Waals surface area (Å²) in [7, 11) is -0.690. The van der Waals surface area contributed by atoms with Gasteiger partial charge >= 0.3 is 0 Å². The highest BCUT2D eigenvalue weighted by Crippen LogP contribution is 2.43. The molecule has 60 valence electrons. The van der Waals surface area contributed by atoms with E-state index in [9.17, 15) is 0 Å². The van der Waals surface area contributed by atoms with Gasteiger partial charge < -0.3 is 0 Å². The van der Waals surface area contributed by atoms with Gasteiger partial charge in [-0.15, -0.1) is 0 Å². The van der Waals surface area contributed by atoms with Gasteiger partial charge in [0.2, 0.25) is 0 Å². The summed E-state index contributed by atoms with van der Waals surface area (Å²) in [5.41, 5.74) is 1.16. The average molecular weight is 156 g/mol. The van der Waals surface area contributed by atoms with E-state index < -0.39 is 8.07 Å². The molecule has 1 heteroatoms. The molecule has 1 heterocycles. The summed E-state index contributed by atoms with van der Waals surface area (Å²) in [4.78, 5) is 0. The van der Waals surface area contributed by atoms with Crippen LogP contribution in [0, 0.1) is 0 Å². The average Bonchev–Trinajstić information content (AvgIpc) is 2.32. The first kappa shape index (κ1) is 8.31. The zero-order chi connectivity index (χ0) is 7.61. The maximum atomic E-state index is 2.61. The van der Waals surface area contributed by atoms with Crippen molar-refractivity contribution in [1.82, 2.24) is 0 Å². The minimum absolute atomic E-state index is 0.690.